The van der Waals surface area contributed by atoms with Crippen molar-refractivity contribution in [1.82, 2.24) is 4.72 Å². The maximum atomic E-state index is 13.7. The molecule has 1 aromatic carbocycles. The number of rotatable bonds is 3. The summed E-state index contributed by atoms with van der Waals surface area (Å²) >= 11 is 3.05. The lowest BCUT2D eigenvalue weighted by molar-refractivity contribution is 0.0774. The van der Waals surface area contributed by atoms with Crippen LogP contribution in [0.4, 0.5) is 10.1 Å². The Hall–Kier alpha value is -0.700. The number of anilines is 1. The van der Waals surface area contributed by atoms with Crippen molar-refractivity contribution in [2.24, 2.45) is 0 Å². The molecule has 106 valence electrons. The molecule has 0 saturated carbocycles. The van der Waals surface area contributed by atoms with E-state index >= 15 is 0 Å². The largest absolute Gasteiger partial charge is 0.398 e. The summed E-state index contributed by atoms with van der Waals surface area (Å²) < 4.78 is 45.9. The van der Waals surface area contributed by atoms with Gasteiger partial charge < -0.3 is 10.5 Å². The highest BCUT2D eigenvalue weighted by Gasteiger charge is 2.25. The summed E-state index contributed by atoms with van der Waals surface area (Å²) in [5.41, 5.74) is 5.76. The molecule has 8 heteroatoms. The molecule has 0 aromatic heterocycles. The molecule has 1 atom stereocenters. The zero-order valence-corrected chi connectivity index (χ0v) is 12.4. The van der Waals surface area contributed by atoms with Crippen molar-refractivity contribution in [1.29, 1.82) is 0 Å². The maximum Gasteiger partial charge on any atom is 0.243 e. The summed E-state index contributed by atoms with van der Waals surface area (Å²) in [6, 6.07) is 1.82. The molecular weight excluding hydrogens is 339 g/mol. The number of hydrogen-bond donors (Lipinski definition) is 2. The third kappa shape index (κ3) is 3.44. The van der Waals surface area contributed by atoms with Gasteiger partial charge in [-0.2, -0.15) is 0 Å². The summed E-state index contributed by atoms with van der Waals surface area (Å²) in [6.45, 7) is 0.921. The van der Waals surface area contributed by atoms with Gasteiger partial charge in [0.15, 0.2) is 0 Å². The first kappa shape index (κ1) is 14.7. The normalized spacial score (nSPS) is 20.4. The monoisotopic (exact) mass is 352 g/mol. The topological polar surface area (TPSA) is 81.4 Å². The molecule has 1 aromatic rings. The lowest BCUT2D eigenvalue weighted by Crippen LogP contribution is -2.40. The average molecular weight is 353 g/mol. The second kappa shape index (κ2) is 5.74. The van der Waals surface area contributed by atoms with Crippen LogP contribution < -0.4 is 10.5 Å². The van der Waals surface area contributed by atoms with Crippen LogP contribution >= 0.6 is 15.9 Å². The molecular formula is C11H14BrFN2O3S. The van der Waals surface area contributed by atoms with Gasteiger partial charge in [0.05, 0.1) is 6.61 Å². The van der Waals surface area contributed by atoms with Crippen molar-refractivity contribution < 1.29 is 17.5 Å². The number of benzene rings is 1. The standard InChI is InChI=1S/C11H14BrFN2O3S/c12-8-4-9(13)11(5-10(8)14)19(16,17)15-7-2-1-3-18-6-7/h4-5,7,15H,1-3,6,14H2. The highest BCUT2D eigenvalue weighted by atomic mass is 79.9. The minimum atomic E-state index is -3.94. The SMILES string of the molecule is Nc1cc(S(=O)(=O)NC2CCCOC2)c(F)cc1Br. The molecule has 2 rings (SSSR count). The third-order valence-corrected chi connectivity index (χ3v) is 5.05. The second-order valence-corrected chi connectivity index (χ2v) is 6.88. The summed E-state index contributed by atoms with van der Waals surface area (Å²) in [5, 5.41) is 0. The van der Waals surface area contributed by atoms with E-state index in [-0.39, 0.29) is 11.7 Å². The van der Waals surface area contributed by atoms with E-state index < -0.39 is 20.7 Å². The number of ether oxygens (including phenoxy) is 1. The predicted molar refractivity (Wildman–Crippen MR) is 72.7 cm³/mol. The Morgan fingerprint density at radius 1 is 1.47 bits per heavy atom. The van der Waals surface area contributed by atoms with Crippen LogP contribution in [-0.4, -0.2) is 27.7 Å². The Bertz CT molecular complexity index is 574. The van der Waals surface area contributed by atoms with E-state index in [2.05, 4.69) is 20.7 Å². The Morgan fingerprint density at radius 3 is 2.84 bits per heavy atom. The summed E-state index contributed by atoms with van der Waals surface area (Å²) in [5.74, 6) is -0.842. The molecule has 1 aliphatic rings. The van der Waals surface area contributed by atoms with Gasteiger partial charge in [0.25, 0.3) is 0 Å². The van der Waals surface area contributed by atoms with Crippen LogP contribution in [0.1, 0.15) is 12.8 Å². The van der Waals surface area contributed by atoms with Gasteiger partial charge in [-0.3, -0.25) is 0 Å². The lowest BCUT2D eigenvalue weighted by atomic mass is 10.1. The van der Waals surface area contributed by atoms with E-state index in [0.29, 0.717) is 24.1 Å². The number of halogens is 2. The number of hydrogen-bond acceptors (Lipinski definition) is 4. The average Bonchev–Trinajstić information content (AvgIpc) is 2.34. The molecule has 1 aliphatic heterocycles. The van der Waals surface area contributed by atoms with E-state index in [1.807, 2.05) is 0 Å². The van der Waals surface area contributed by atoms with E-state index in [4.69, 9.17) is 10.5 Å². The summed E-state index contributed by atoms with van der Waals surface area (Å²) in [6.07, 6.45) is 1.45. The van der Waals surface area contributed by atoms with Gasteiger partial charge in [0.1, 0.15) is 10.7 Å². The van der Waals surface area contributed by atoms with E-state index in [1.54, 1.807) is 0 Å². The van der Waals surface area contributed by atoms with E-state index in [9.17, 15) is 12.8 Å². The van der Waals surface area contributed by atoms with E-state index in [1.165, 1.54) is 0 Å². The Kier molecular flexibility index (Phi) is 4.44. The number of nitrogen functional groups attached to an aromatic ring is 1. The second-order valence-electron chi connectivity index (χ2n) is 4.34. The molecule has 0 radical (unpaired) electrons. The number of nitrogens with one attached hydrogen (secondary N) is 1. The molecule has 0 bridgehead atoms. The molecule has 5 nitrogen and oxygen atoms in total. The molecule has 0 amide bonds. The van der Waals surface area contributed by atoms with Crippen molar-refractivity contribution >= 4 is 31.6 Å². The van der Waals surface area contributed by atoms with Crippen LogP contribution in [0.15, 0.2) is 21.5 Å². The molecule has 3 N–H and O–H groups in total. The van der Waals surface area contributed by atoms with Crippen LogP contribution in [0, 0.1) is 5.82 Å². The van der Waals surface area contributed by atoms with Crippen molar-refractivity contribution in [2.75, 3.05) is 18.9 Å². The van der Waals surface area contributed by atoms with Gasteiger partial charge in [-0.05, 0) is 40.9 Å². The van der Waals surface area contributed by atoms with Crippen molar-refractivity contribution in [3.63, 3.8) is 0 Å². The quantitative estimate of drug-likeness (QED) is 0.810. The van der Waals surface area contributed by atoms with Gasteiger partial charge in [0, 0.05) is 22.8 Å². The molecule has 1 unspecified atom stereocenters. The van der Waals surface area contributed by atoms with Gasteiger partial charge in [-0.15, -0.1) is 0 Å². The fraction of sp³-hybridized carbons (Fsp3) is 0.455. The molecule has 0 spiro atoms. The minimum Gasteiger partial charge on any atom is -0.398 e. The minimum absolute atomic E-state index is 0.168. The predicted octanol–water partition coefficient (Wildman–Crippen LogP) is 1.63. The fourth-order valence-corrected chi connectivity index (χ4v) is 3.53. The van der Waals surface area contributed by atoms with Crippen LogP contribution in [0.25, 0.3) is 0 Å². The highest BCUT2D eigenvalue weighted by Crippen LogP contribution is 2.26. The van der Waals surface area contributed by atoms with Crippen molar-refractivity contribution in [2.45, 2.75) is 23.8 Å². The zero-order chi connectivity index (χ0) is 14.0. The Labute approximate surface area is 119 Å². The van der Waals surface area contributed by atoms with E-state index in [0.717, 1.165) is 18.6 Å². The number of nitrogens with two attached hydrogens (primary N) is 1. The Balaban J connectivity index is 2.26. The molecule has 1 saturated heterocycles. The van der Waals surface area contributed by atoms with Gasteiger partial charge in [-0.25, -0.2) is 17.5 Å². The summed E-state index contributed by atoms with van der Waals surface area (Å²) in [7, 11) is -3.94. The van der Waals surface area contributed by atoms with Gasteiger partial charge in [-0.1, -0.05) is 0 Å². The van der Waals surface area contributed by atoms with Gasteiger partial charge in [0.2, 0.25) is 10.0 Å². The molecule has 1 heterocycles. The summed E-state index contributed by atoms with van der Waals surface area (Å²) in [4.78, 5) is -0.446. The van der Waals surface area contributed by atoms with Crippen molar-refractivity contribution in [3.8, 4) is 0 Å². The number of sulfonamides is 1. The first-order chi connectivity index (χ1) is 8.90. The molecule has 19 heavy (non-hydrogen) atoms. The lowest BCUT2D eigenvalue weighted by Gasteiger charge is -2.23. The fourth-order valence-electron chi connectivity index (χ4n) is 1.87. The van der Waals surface area contributed by atoms with Crippen LogP contribution in [0.5, 0.6) is 0 Å². The first-order valence-electron chi connectivity index (χ1n) is 5.75. The smallest absolute Gasteiger partial charge is 0.243 e. The molecule has 0 aliphatic carbocycles. The van der Waals surface area contributed by atoms with Crippen LogP contribution in [0.2, 0.25) is 0 Å². The van der Waals surface area contributed by atoms with Crippen LogP contribution in [0.3, 0.4) is 0 Å². The molecule has 1 fully saturated rings. The van der Waals surface area contributed by atoms with Crippen molar-refractivity contribution in [3.05, 3.63) is 22.4 Å². The highest BCUT2D eigenvalue weighted by molar-refractivity contribution is 9.10. The first-order valence-corrected chi connectivity index (χ1v) is 8.02. The van der Waals surface area contributed by atoms with Crippen LogP contribution in [-0.2, 0) is 14.8 Å². The van der Waals surface area contributed by atoms with Gasteiger partial charge >= 0.3 is 0 Å². The maximum absolute atomic E-state index is 13.7. The Morgan fingerprint density at radius 2 is 2.21 bits per heavy atom. The zero-order valence-electron chi connectivity index (χ0n) is 10.0. The third-order valence-electron chi connectivity index (χ3n) is 2.82.